The minimum atomic E-state index is 0.666. The van der Waals surface area contributed by atoms with Crippen LogP contribution < -0.4 is 5.32 Å². The summed E-state index contributed by atoms with van der Waals surface area (Å²) in [5.74, 6) is 2.33. The predicted octanol–water partition coefficient (Wildman–Crippen LogP) is 4.01. The number of nitrogens with one attached hydrogen (secondary N) is 1. The van der Waals surface area contributed by atoms with Gasteiger partial charge >= 0.3 is 0 Å². The molecule has 1 aromatic carbocycles. The molecule has 2 heteroatoms. The second-order valence-electron chi connectivity index (χ2n) is 4.69. The summed E-state index contributed by atoms with van der Waals surface area (Å²) in [4.78, 5) is 0. The number of rotatable bonds is 8. The number of thioether (sulfide) groups is 1. The van der Waals surface area contributed by atoms with Gasteiger partial charge in [0.2, 0.25) is 0 Å². The first kappa shape index (κ1) is 14.6. The zero-order valence-electron chi connectivity index (χ0n) is 11.3. The van der Waals surface area contributed by atoms with Crippen LogP contribution in [0, 0.1) is 6.92 Å². The third kappa shape index (κ3) is 6.75. The molecule has 1 rings (SSSR count). The van der Waals surface area contributed by atoms with Gasteiger partial charge in [0.05, 0.1) is 0 Å². The lowest BCUT2D eigenvalue weighted by Crippen LogP contribution is -2.27. The molecule has 0 bridgehead atoms. The summed E-state index contributed by atoms with van der Waals surface area (Å²) in [5.41, 5.74) is 2.80. The van der Waals surface area contributed by atoms with E-state index in [0.29, 0.717) is 6.04 Å². The van der Waals surface area contributed by atoms with Crippen LogP contribution in [0.1, 0.15) is 37.8 Å². The first-order valence-electron chi connectivity index (χ1n) is 6.59. The zero-order valence-corrected chi connectivity index (χ0v) is 12.1. The average molecular weight is 251 g/mol. The molecule has 96 valence electrons. The molecule has 0 radical (unpaired) electrons. The summed E-state index contributed by atoms with van der Waals surface area (Å²) in [6.07, 6.45) is 2.55. The molecule has 1 nitrogen and oxygen atoms in total. The summed E-state index contributed by atoms with van der Waals surface area (Å²) in [6, 6.07) is 9.46. The third-order valence-corrected chi connectivity index (χ3v) is 3.84. The van der Waals surface area contributed by atoms with Crippen molar-refractivity contribution in [1.29, 1.82) is 0 Å². The van der Waals surface area contributed by atoms with Crippen molar-refractivity contribution in [3.63, 3.8) is 0 Å². The monoisotopic (exact) mass is 251 g/mol. The summed E-state index contributed by atoms with van der Waals surface area (Å²) in [7, 11) is 0. The Morgan fingerprint density at radius 3 is 2.88 bits per heavy atom. The molecule has 0 aliphatic heterocycles. The molecule has 0 aromatic heterocycles. The van der Waals surface area contributed by atoms with E-state index < -0.39 is 0 Å². The van der Waals surface area contributed by atoms with Crippen molar-refractivity contribution in [2.45, 2.75) is 45.4 Å². The van der Waals surface area contributed by atoms with E-state index >= 15 is 0 Å². The molecule has 1 unspecified atom stereocenters. The smallest absolute Gasteiger partial charge is 0.0185 e. The Bertz CT molecular complexity index is 312. The van der Waals surface area contributed by atoms with Crippen LogP contribution in [0.4, 0.5) is 0 Å². The highest BCUT2D eigenvalue weighted by atomic mass is 32.2. The third-order valence-electron chi connectivity index (χ3n) is 2.81. The number of hydrogen-bond acceptors (Lipinski definition) is 2. The fourth-order valence-corrected chi connectivity index (χ4v) is 2.73. The van der Waals surface area contributed by atoms with Crippen molar-refractivity contribution >= 4 is 11.8 Å². The number of benzene rings is 1. The van der Waals surface area contributed by atoms with Crippen LogP contribution in [-0.4, -0.2) is 18.3 Å². The fourth-order valence-electron chi connectivity index (χ4n) is 1.90. The zero-order chi connectivity index (χ0) is 12.5. The minimum Gasteiger partial charge on any atom is -0.313 e. The molecule has 1 N–H and O–H groups in total. The lowest BCUT2D eigenvalue weighted by molar-refractivity contribution is 0.526. The SMILES string of the molecule is CCCC(C)NCCSCc1cccc(C)c1. The Hall–Kier alpha value is -0.470. The molecule has 0 amide bonds. The van der Waals surface area contributed by atoms with Crippen molar-refractivity contribution in [1.82, 2.24) is 5.32 Å². The summed E-state index contributed by atoms with van der Waals surface area (Å²) >= 11 is 2.01. The first-order chi connectivity index (χ1) is 8.22. The van der Waals surface area contributed by atoms with Gasteiger partial charge in [-0.3, -0.25) is 0 Å². The van der Waals surface area contributed by atoms with Gasteiger partial charge < -0.3 is 5.32 Å². The van der Waals surface area contributed by atoms with Gasteiger partial charge in [0.15, 0.2) is 0 Å². The topological polar surface area (TPSA) is 12.0 Å². The van der Waals surface area contributed by atoms with E-state index in [1.165, 1.54) is 29.7 Å². The molecule has 0 saturated carbocycles. The maximum Gasteiger partial charge on any atom is 0.0185 e. The summed E-state index contributed by atoms with van der Waals surface area (Å²) in [6.45, 7) is 7.79. The van der Waals surface area contributed by atoms with Crippen molar-refractivity contribution in [3.05, 3.63) is 35.4 Å². The van der Waals surface area contributed by atoms with E-state index in [0.717, 1.165) is 12.3 Å². The Morgan fingerprint density at radius 1 is 1.35 bits per heavy atom. The van der Waals surface area contributed by atoms with Crippen molar-refractivity contribution in [2.75, 3.05) is 12.3 Å². The van der Waals surface area contributed by atoms with Gasteiger partial charge in [0.1, 0.15) is 0 Å². The maximum atomic E-state index is 3.56. The lowest BCUT2D eigenvalue weighted by atomic mass is 10.2. The van der Waals surface area contributed by atoms with Crippen LogP contribution in [0.2, 0.25) is 0 Å². The Balaban J connectivity index is 2.08. The van der Waals surface area contributed by atoms with Crippen molar-refractivity contribution < 1.29 is 0 Å². The minimum absolute atomic E-state index is 0.666. The van der Waals surface area contributed by atoms with Crippen LogP contribution in [0.5, 0.6) is 0 Å². The highest BCUT2D eigenvalue weighted by Gasteiger charge is 1.99. The summed E-state index contributed by atoms with van der Waals surface area (Å²) < 4.78 is 0. The van der Waals surface area contributed by atoms with Gasteiger partial charge in [0.25, 0.3) is 0 Å². The van der Waals surface area contributed by atoms with E-state index in [2.05, 4.69) is 50.4 Å². The molecular weight excluding hydrogens is 226 g/mol. The fraction of sp³-hybridized carbons (Fsp3) is 0.600. The molecule has 0 spiro atoms. The maximum absolute atomic E-state index is 3.56. The van der Waals surface area contributed by atoms with Crippen molar-refractivity contribution in [2.24, 2.45) is 0 Å². The van der Waals surface area contributed by atoms with Gasteiger partial charge in [-0.05, 0) is 25.8 Å². The Kier molecular flexibility index (Phi) is 7.38. The average Bonchev–Trinajstić information content (AvgIpc) is 2.29. The number of hydrogen-bond donors (Lipinski definition) is 1. The highest BCUT2D eigenvalue weighted by Crippen LogP contribution is 2.12. The van der Waals surface area contributed by atoms with Crippen LogP contribution in [0.15, 0.2) is 24.3 Å². The van der Waals surface area contributed by atoms with E-state index in [1.54, 1.807) is 0 Å². The number of aryl methyl sites for hydroxylation is 1. The van der Waals surface area contributed by atoms with Gasteiger partial charge in [-0.1, -0.05) is 43.2 Å². The van der Waals surface area contributed by atoms with Crippen LogP contribution >= 0.6 is 11.8 Å². The van der Waals surface area contributed by atoms with Crippen molar-refractivity contribution in [3.8, 4) is 0 Å². The largest absolute Gasteiger partial charge is 0.313 e. The molecule has 0 saturated heterocycles. The predicted molar refractivity (Wildman–Crippen MR) is 79.7 cm³/mol. The molecule has 1 aromatic rings. The van der Waals surface area contributed by atoms with E-state index in [-0.39, 0.29) is 0 Å². The quantitative estimate of drug-likeness (QED) is 0.701. The normalized spacial score (nSPS) is 12.6. The van der Waals surface area contributed by atoms with Crippen LogP contribution in [-0.2, 0) is 5.75 Å². The van der Waals surface area contributed by atoms with E-state index in [4.69, 9.17) is 0 Å². The highest BCUT2D eigenvalue weighted by molar-refractivity contribution is 7.98. The van der Waals surface area contributed by atoms with Crippen LogP contribution in [0.25, 0.3) is 0 Å². The van der Waals surface area contributed by atoms with Gasteiger partial charge in [0, 0.05) is 24.1 Å². The molecule has 0 aliphatic carbocycles. The summed E-state index contributed by atoms with van der Waals surface area (Å²) in [5, 5.41) is 3.56. The standard InChI is InChI=1S/C15H25NS/c1-4-6-14(3)16-9-10-17-12-15-8-5-7-13(2)11-15/h5,7-8,11,14,16H,4,6,9-10,12H2,1-3H3. The molecule has 0 heterocycles. The molecule has 1 atom stereocenters. The lowest BCUT2D eigenvalue weighted by Gasteiger charge is -2.12. The van der Waals surface area contributed by atoms with Crippen LogP contribution in [0.3, 0.4) is 0 Å². The molecule has 0 fully saturated rings. The molecular formula is C15H25NS. The first-order valence-corrected chi connectivity index (χ1v) is 7.74. The van der Waals surface area contributed by atoms with E-state index in [1.807, 2.05) is 11.8 Å². The second-order valence-corrected chi connectivity index (χ2v) is 5.79. The molecule has 0 aliphatic rings. The second kappa shape index (κ2) is 8.60. The Morgan fingerprint density at radius 2 is 2.18 bits per heavy atom. The van der Waals surface area contributed by atoms with E-state index in [9.17, 15) is 0 Å². The van der Waals surface area contributed by atoms with Gasteiger partial charge in [-0.15, -0.1) is 0 Å². The Labute approximate surface area is 110 Å². The molecule has 17 heavy (non-hydrogen) atoms. The van der Waals surface area contributed by atoms with Gasteiger partial charge in [-0.2, -0.15) is 11.8 Å². The van der Waals surface area contributed by atoms with Gasteiger partial charge in [-0.25, -0.2) is 0 Å².